The molecule has 6 unspecified atom stereocenters. The van der Waals surface area contributed by atoms with E-state index in [1.807, 2.05) is 0 Å². The van der Waals surface area contributed by atoms with Crippen LogP contribution in [0, 0.1) is 0 Å². The Bertz CT molecular complexity index is 1130. The lowest BCUT2D eigenvalue weighted by atomic mass is 9.85. The molecule has 68 heavy (non-hydrogen) atoms. The van der Waals surface area contributed by atoms with Crippen LogP contribution in [0.5, 0.6) is 0 Å². The Morgan fingerprint density at radius 2 is 0.691 bits per heavy atom. The lowest BCUT2D eigenvalue weighted by Gasteiger charge is -2.41. The van der Waals surface area contributed by atoms with E-state index in [0.29, 0.717) is 13.0 Å². The summed E-state index contributed by atoms with van der Waals surface area (Å²) in [4.78, 5) is 23.3. The number of carbonyl (C=O) groups excluding carboxylic acids is 1. The molecule has 0 radical (unpaired) electrons. The molecule has 13 heteroatoms. The van der Waals surface area contributed by atoms with Crippen molar-refractivity contribution in [3.05, 3.63) is 0 Å². The average Bonchev–Trinajstić information content (AvgIpc) is 3.32. The van der Waals surface area contributed by atoms with E-state index < -0.39 is 63.1 Å². The van der Waals surface area contributed by atoms with Crippen molar-refractivity contribution in [2.45, 2.75) is 326 Å². The van der Waals surface area contributed by atoms with Gasteiger partial charge in [-0.05, 0) is 12.8 Å². The van der Waals surface area contributed by atoms with Crippen molar-refractivity contribution in [2.24, 2.45) is 0 Å². The molecule has 0 aliphatic heterocycles. The van der Waals surface area contributed by atoms with Gasteiger partial charge in [-0.25, -0.2) is 4.57 Å². The molecule has 0 spiro atoms. The van der Waals surface area contributed by atoms with Gasteiger partial charge in [0.15, 0.2) is 0 Å². The van der Waals surface area contributed by atoms with Crippen LogP contribution >= 0.6 is 7.82 Å². The maximum atomic E-state index is 12.9. The summed E-state index contributed by atoms with van der Waals surface area (Å²) in [5, 5.41) is 50.4. The van der Waals surface area contributed by atoms with Crippen molar-refractivity contribution >= 4 is 13.8 Å². The highest BCUT2D eigenvalue weighted by Crippen LogP contribution is 2.47. The van der Waals surface area contributed by atoms with Crippen LogP contribution in [0.2, 0.25) is 0 Å². The molecule has 12 nitrogen and oxygen atoms in total. The first kappa shape index (κ1) is 65.4. The molecule has 406 valence electrons. The molecular weight excluding hydrogens is 884 g/mol. The van der Waals surface area contributed by atoms with Gasteiger partial charge in [0, 0.05) is 13.0 Å². The summed E-state index contributed by atoms with van der Waals surface area (Å²) < 4.78 is 34.4. The summed E-state index contributed by atoms with van der Waals surface area (Å²) in [6, 6.07) is 0. The number of phosphoric ester groups is 1. The van der Waals surface area contributed by atoms with Crippen LogP contribution < -0.4 is 0 Å². The zero-order chi connectivity index (χ0) is 49.8. The van der Waals surface area contributed by atoms with Crippen molar-refractivity contribution in [1.82, 2.24) is 0 Å². The number of ether oxygens (including phenoxy) is 2. The molecule has 1 saturated carbocycles. The number of rotatable bonds is 51. The van der Waals surface area contributed by atoms with Crippen molar-refractivity contribution in [3.63, 3.8) is 0 Å². The van der Waals surface area contributed by atoms with Gasteiger partial charge in [0.1, 0.15) is 42.7 Å². The van der Waals surface area contributed by atoms with E-state index >= 15 is 0 Å². The fourth-order valence-electron chi connectivity index (χ4n) is 9.42. The molecule has 0 heterocycles. The van der Waals surface area contributed by atoms with Crippen molar-refractivity contribution < 1.29 is 58.3 Å². The molecule has 6 atom stereocenters. The molecule has 1 fully saturated rings. The summed E-state index contributed by atoms with van der Waals surface area (Å²) in [7, 11) is -5.02. The third-order valence-electron chi connectivity index (χ3n) is 14.0. The highest BCUT2D eigenvalue weighted by Gasteiger charge is 2.51. The molecule has 1 aliphatic carbocycles. The summed E-state index contributed by atoms with van der Waals surface area (Å²) >= 11 is 0. The van der Waals surface area contributed by atoms with E-state index in [-0.39, 0.29) is 13.0 Å². The molecule has 1 rings (SSSR count). The van der Waals surface area contributed by atoms with Gasteiger partial charge in [-0.1, -0.05) is 264 Å². The Morgan fingerprint density at radius 3 is 1.01 bits per heavy atom. The fraction of sp³-hybridized carbons (Fsp3) is 0.982. The molecule has 0 saturated heterocycles. The second kappa shape index (κ2) is 46.1. The van der Waals surface area contributed by atoms with Gasteiger partial charge in [0.2, 0.25) is 0 Å². The smallest absolute Gasteiger partial charge is 0.457 e. The van der Waals surface area contributed by atoms with Crippen molar-refractivity contribution in [3.8, 4) is 0 Å². The topological polar surface area (TPSA) is 192 Å². The number of unbranched alkanes of at least 4 members (excludes halogenated alkanes) is 39. The first-order valence-electron chi connectivity index (χ1n) is 28.9. The zero-order valence-electron chi connectivity index (χ0n) is 43.9. The highest BCUT2D eigenvalue weighted by molar-refractivity contribution is 7.47. The Labute approximate surface area is 416 Å². The van der Waals surface area contributed by atoms with E-state index in [1.165, 1.54) is 218 Å². The van der Waals surface area contributed by atoms with E-state index in [0.717, 1.165) is 38.5 Å². The molecule has 0 aromatic carbocycles. The van der Waals surface area contributed by atoms with Gasteiger partial charge >= 0.3 is 13.8 Å². The molecule has 6 N–H and O–H groups in total. The maximum absolute atomic E-state index is 12.9. The van der Waals surface area contributed by atoms with Crippen LogP contribution in [0.25, 0.3) is 0 Å². The third-order valence-corrected chi connectivity index (χ3v) is 15.0. The lowest BCUT2D eigenvalue weighted by molar-refractivity contribution is -0.220. The fourth-order valence-corrected chi connectivity index (χ4v) is 10.4. The molecule has 0 amide bonds. The first-order valence-corrected chi connectivity index (χ1v) is 30.4. The molecular formula is C55H109O12P. The summed E-state index contributed by atoms with van der Waals surface area (Å²) in [6.45, 7) is 4.34. The number of aliphatic hydroxyl groups excluding tert-OH is 5. The van der Waals surface area contributed by atoms with Gasteiger partial charge in [-0.15, -0.1) is 0 Å². The van der Waals surface area contributed by atoms with E-state index in [4.69, 9.17) is 18.5 Å². The number of carbonyl (C=O) groups is 1. The van der Waals surface area contributed by atoms with Crippen molar-refractivity contribution in [2.75, 3.05) is 19.8 Å². The second-order valence-electron chi connectivity index (χ2n) is 20.5. The largest absolute Gasteiger partial charge is 0.472 e. The van der Waals surface area contributed by atoms with Gasteiger partial charge in [0.05, 0.1) is 13.2 Å². The Morgan fingerprint density at radius 1 is 0.412 bits per heavy atom. The number of esters is 1. The van der Waals surface area contributed by atoms with Gasteiger partial charge in [0.25, 0.3) is 0 Å². The van der Waals surface area contributed by atoms with Crippen LogP contribution in [0.15, 0.2) is 0 Å². The number of hydrogen-bond donors (Lipinski definition) is 6. The molecule has 0 aromatic heterocycles. The van der Waals surface area contributed by atoms with Gasteiger partial charge in [-0.3, -0.25) is 13.8 Å². The van der Waals surface area contributed by atoms with Crippen LogP contribution in [0.1, 0.15) is 284 Å². The number of aliphatic hydroxyl groups is 5. The van der Waals surface area contributed by atoms with Crippen LogP contribution in [0.3, 0.4) is 0 Å². The summed E-state index contributed by atoms with van der Waals surface area (Å²) in [6.07, 6.45) is 40.3. The second-order valence-corrected chi connectivity index (χ2v) is 21.9. The number of hydrogen-bond acceptors (Lipinski definition) is 11. The molecule has 0 aromatic rings. The van der Waals surface area contributed by atoms with Crippen molar-refractivity contribution in [1.29, 1.82) is 0 Å². The van der Waals surface area contributed by atoms with Gasteiger partial charge in [-0.2, -0.15) is 0 Å². The predicted molar refractivity (Wildman–Crippen MR) is 277 cm³/mol. The van der Waals surface area contributed by atoms with Crippen LogP contribution in [-0.4, -0.2) is 98.9 Å². The summed E-state index contributed by atoms with van der Waals surface area (Å²) in [5.74, 6) is -0.467. The molecule has 1 aliphatic rings. The Balaban J connectivity index is 2.26. The number of phosphoric acid groups is 1. The van der Waals surface area contributed by atoms with Crippen LogP contribution in [0.4, 0.5) is 0 Å². The molecule has 0 bridgehead atoms. The van der Waals surface area contributed by atoms with E-state index in [1.54, 1.807) is 0 Å². The summed E-state index contributed by atoms with van der Waals surface area (Å²) in [5.41, 5.74) is 0. The third kappa shape index (κ3) is 37.1. The quantitative estimate of drug-likeness (QED) is 0.0192. The zero-order valence-corrected chi connectivity index (χ0v) is 44.8. The first-order chi connectivity index (χ1) is 33.0. The van der Waals surface area contributed by atoms with E-state index in [9.17, 15) is 39.8 Å². The monoisotopic (exact) mass is 993 g/mol. The van der Waals surface area contributed by atoms with Crippen LogP contribution in [-0.2, 0) is 27.9 Å². The van der Waals surface area contributed by atoms with E-state index in [2.05, 4.69) is 13.8 Å². The average molecular weight is 993 g/mol. The standard InChI is InChI=1S/C55H109O12P/c1-3-5-7-9-11-13-15-17-19-21-23-24-25-26-28-30-32-34-36-38-40-42-44-49(56)66-48(47-65-68(62,63)67-55-53(60)51(58)50(57)52(59)54(55)61)46-64-45-43-41-39-37-35-33-31-29-27-22-20-18-16-14-12-10-8-6-4-2/h48,50-55,57-61H,3-47H2,1-2H3,(H,62,63). The lowest BCUT2D eigenvalue weighted by Crippen LogP contribution is -2.64. The maximum Gasteiger partial charge on any atom is 0.472 e. The highest BCUT2D eigenvalue weighted by atomic mass is 31.2. The Kier molecular flexibility index (Phi) is 44.4. The minimum Gasteiger partial charge on any atom is -0.457 e. The predicted octanol–water partition coefficient (Wildman–Crippen LogP) is 13.7. The Hall–Kier alpha value is -0.660. The normalized spacial score (nSPS) is 21.0. The minimum atomic E-state index is -5.02. The SMILES string of the molecule is CCCCCCCCCCCCCCCCCCCCCCCCC(=O)OC(COCCCCCCCCCCCCCCCCCCCCC)COP(=O)(O)OC1C(O)C(O)C(O)C(O)C1O. The minimum absolute atomic E-state index is 0.0670. The van der Waals surface area contributed by atoms with Gasteiger partial charge < -0.3 is 39.9 Å².